The van der Waals surface area contributed by atoms with Gasteiger partial charge >= 0.3 is 0 Å². The normalized spacial score (nSPS) is 6.00. The van der Waals surface area contributed by atoms with E-state index in [4.69, 9.17) is 0 Å². The van der Waals surface area contributed by atoms with Crippen molar-refractivity contribution in [3.63, 3.8) is 0 Å². The molecule has 7 heavy (non-hydrogen) atoms. The highest BCUT2D eigenvalue weighted by Gasteiger charge is 1.68. The first kappa shape index (κ1) is 15.7. The molecule has 0 saturated heterocycles. The lowest BCUT2D eigenvalue weighted by Gasteiger charge is -1.79. The van der Waals surface area contributed by atoms with Gasteiger partial charge in [-0.25, -0.2) is 0 Å². The molecule has 0 heterocycles. The molecule has 0 amide bonds. The van der Waals surface area contributed by atoms with Crippen molar-refractivity contribution in [2.24, 2.45) is 5.92 Å². The minimum absolute atomic E-state index is 0. The quantitative estimate of drug-likeness (QED) is 0.433. The van der Waals surface area contributed by atoms with Gasteiger partial charge in [0.25, 0.3) is 0 Å². The van der Waals surface area contributed by atoms with E-state index in [1.807, 2.05) is 13.8 Å². The van der Waals surface area contributed by atoms with E-state index >= 15 is 0 Å². The Morgan fingerprint density at radius 1 is 0.857 bits per heavy atom. The molecule has 0 bridgehead atoms. The predicted molar refractivity (Wildman–Crippen MR) is 43.0 cm³/mol. The molecular weight excluding hydrogens is 103 g/mol. The zero-order chi connectivity index (χ0) is 5.58. The van der Waals surface area contributed by atoms with Gasteiger partial charge in [0.15, 0.2) is 0 Å². The van der Waals surface area contributed by atoms with E-state index in [0.29, 0.717) is 0 Å². The van der Waals surface area contributed by atoms with Gasteiger partial charge in [0.2, 0.25) is 0 Å². The van der Waals surface area contributed by atoms with E-state index in [0.717, 1.165) is 5.92 Å². The second-order valence-corrected chi connectivity index (χ2v) is 1.73. The van der Waals surface area contributed by atoms with Crippen LogP contribution >= 0.6 is 9.90 Å². The van der Waals surface area contributed by atoms with Crippen molar-refractivity contribution in [2.45, 2.75) is 34.6 Å². The molecule has 0 aromatic heterocycles. The minimum atomic E-state index is 0. The van der Waals surface area contributed by atoms with Gasteiger partial charge in [0, 0.05) is 0 Å². The van der Waals surface area contributed by atoms with Crippen LogP contribution in [0, 0.1) is 5.92 Å². The largest absolute Gasteiger partial charge is 0.153 e. The van der Waals surface area contributed by atoms with Gasteiger partial charge in [-0.3, -0.25) is 0 Å². The SMILES string of the molecule is CC.CC(C)C.P. The highest BCUT2D eigenvalue weighted by atomic mass is 31.0. The van der Waals surface area contributed by atoms with Crippen LogP contribution in [-0.4, -0.2) is 0 Å². The van der Waals surface area contributed by atoms with Crippen molar-refractivity contribution in [3.05, 3.63) is 0 Å². The molecule has 1 atom stereocenters. The Labute approximate surface area is 51.3 Å². The molecule has 1 unspecified atom stereocenters. The summed E-state index contributed by atoms with van der Waals surface area (Å²) >= 11 is 0. The Kier molecular flexibility index (Phi) is 36.0. The van der Waals surface area contributed by atoms with E-state index in [-0.39, 0.29) is 9.90 Å². The summed E-state index contributed by atoms with van der Waals surface area (Å²) < 4.78 is 0. The first-order valence-electron chi connectivity index (χ1n) is 2.73. The topological polar surface area (TPSA) is 0 Å². The first-order chi connectivity index (χ1) is 2.73. The molecular formula is C6H19P. The summed E-state index contributed by atoms with van der Waals surface area (Å²) in [7, 11) is 0. The van der Waals surface area contributed by atoms with Crippen LogP contribution < -0.4 is 0 Å². The van der Waals surface area contributed by atoms with Crippen LogP contribution in [0.1, 0.15) is 34.6 Å². The number of hydrogen-bond donors (Lipinski definition) is 0. The van der Waals surface area contributed by atoms with Gasteiger partial charge in [-0.1, -0.05) is 34.6 Å². The molecule has 0 nitrogen and oxygen atoms in total. The van der Waals surface area contributed by atoms with Gasteiger partial charge in [0.05, 0.1) is 0 Å². The Morgan fingerprint density at radius 2 is 0.857 bits per heavy atom. The predicted octanol–water partition coefficient (Wildman–Crippen LogP) is 2.75. The number of rotatable bonds is 0. The zero-order valence-electron chi connectivity index (χ0n) is 6.28. The Morgan fingerprint density at radius 3 is 0.857 bits per heavy atom. The average Bonchev–Trinajstić information content (AvgIpc) is 1.41. The zero-order valence-corrected chi connectivity index (χ0v) is 7.70. The fraction of sp³-hybridized carbons (Fsp3) is 1.00. The second kappa shape index (κ2) is 16.1. The summed E-state index contributed by atoms with van der Waals surface area (Å²) in [5, 5.41) is 0. The van der Waals surface area contributed by atoms with Gasteiger partial charge in [-0.15, -0.1) is 0 Å². The highest BCUT2D eigenvalue weighted by molar-refractivity contribution is 6.92. The third-order valence-corrected chi connectivity index (χ3v) is 0. The smallest absolute Gasteiger partial charge is 0.0500 e. The van der Waals surface area contributed by atoms with Gasteiger partial charge in [0.1, 0.15) is 0 Å². The summed E-state index contributed by atoms with van der Waals surface area (Å²) in [5.41, 5.74) is 0. The van der Waals surface area contributed by atoms with Gasteiger partial charge in [-0.05, 0) is 5.92 Å². The first-order valence-corrected chi connectivity index (χ1v) is 2.73. The second-order valence-electron chi connectivity index (χ2n) is 1.73. The molecule has 0 radical (unpaired) electrons. The van der Waals surface area contributed by atoms with Crippen LogP contribution in [0.5, 0.6) is 0 Å². The molecule has 0 aromatic rings. The molecule has 0 aliphatic carbocycles. The molecule has 48 valence electrons. The van der Waals surface area contributed by atoms with Crippen molar-refractivity contribution in [1.29, 1.82) is 0 Å². The molecule has 0 saturated carbocycles. The summed E-state index contributed by atoms with van der Waals surface area (Å²) in [5.74, 6) is 0.833. The monoisotopic (exact) mass is 122 g/mol. The van der Waals surface area contributed by atoms with Crippen molar-refractivity contribution >= 4 is 9.90 Å². The van der Waals surface area contributed by atoms with Crippen molar-refractivity contribution in [1.82, 2.24) is 0 Å². The van der Waals surface area contributed by atoms with Crippen molar-refractivity contribution < 1.29 is 0 Å². The Bertz CT molecular complexity index is 8.90. The average molecular weight is 122 g/mol. The molecule has 0 fully saturated rings. The third-order valence-electron chi connectivity index (χ3n) is 0. The van der Waals surface area contributed by atoms with E-state index in [9.17, 15) is 0 Å². The van der Waals surface area contributed by atoms with E-state index in [2.05, 4.69) is 20.8 Å². The van der Waals surface area contributed by atoms with Crippen molar-refractivity contribution in [2.75, 3.05) is 0 Å². The molecule has 0 rings (SSSR count). The number of hydrogen-bond acceptors (Lipinski definition) is 0. The maximum atomic E-state index is 2.17. The van der Waals surface area contributed by atoms with E-state index in [1.165, 1.54) is 0 Å². The lowest BCUT2D eigenvalue weighted by molar-refractivity contribution is 0.737. The molecule has 0 aromatic carbocycles. The fourth-order valence-corrected chi connectivity index (χ4v) is 0. The maximum Gasteiger partial charge on any atom is -0.0500 e. The highest BCUT2D eigenvalue weighted by Crippen LogP contribution is 1.81. The van der Waals surface area contributed by atoms with Gasteiger partial charge < -0.3 is 0 Å². The Hall–Kier alpha value is 0.430. The fourth-order valence-electron chi connectivity index (χ4n) is 0. The Balaban J connectivity index is -0.0000000480. The molecule has 0 spiro atoms. The van der Waals surface area contributed by atoms with Crippen molar-refractivity contribution in [3.8, 4) is 0 Å². The summed E-state index contributed by atoms with van der Waals surface area (Å²) in [6, 6.07) is 0. The van der Waals surface area contributed by atoms with Crippen LogP contribution in [-0.2, 0) is 0 Å². The molecule has 1 heteroatoms. The lowest BCUT2D eigenvalue weighted by Crippen LogP contribution is -1.66. The lowest BCUT2D eigenvalue weighted by atomic mass is 10.3. The van der Waals surface area contributed by atoms with Crippen LogP contribution in [0.15, 0.2) is 0 Å². The summed E-state index contributed by atoms with van der Waals surface area (Å²) in [6.45, 7) is 10.5. The summed E-state index contributed by atoms with van der Waals surface area (Å²) in [4.78, 5) is 0. The maximum absolute atomic E-state index is 2.17. The van der Waals surface area contributed by atoms with Gasteiger partial charge in [-0.2, -0.15) is 9.90 Å². The summed E-state index contributed by atoms with van der Waals surface area (Å²) in [6.07, 6.45) is 0. The van der Waals surface area contributed by atoms with Crippen LogP contribution in [0.2, 0.25) is 0 Å². The molecule has 0 aliphatic rings. The van der Waals surface area contributed by atoms with E-state index in [1.54, 1.807) is 0 Å². The molecule has 0 N–H and O–H groups in total. The molecule has 0 aliphatic heterocycles. The van der Waals surface area contributed by atoms with Crippen LogP contribution in [0.3, 0.4) is 0 Å². The third kappa shape index (κ3) is 682. The van der Waals surface area contributed by atoms with E-state index < -0.39 is 0 Å². The van der Waals surface area contributed by atoms with Crippen LogP contribution in [0.25, 0.3) is 0 Å². The minimum Gasteiger partial charge on any atom is -0.153 e. The standard InChI is InChI=1S/C4H10.C2H6.H3P/c1-4(2)3;1-2;/h4H,1-3H3;1-2H3;1H3. The van der Waals surface area contributed by atoms with Crippen LogP contribution in [0.4, 0.5) is 0 Å².